The summed E-state index contributed by atoms with van der Waals surface area (Å²) in [6, 6.07) is 0. The van der Waals surface area contributed by atoms with Crippen LogP contribution in [0.1, 0.15) is 51.2 Å². The number of hydrogen-bond acceptors (Lipinski definition) is 3. The van der Waals surface area contributed by atoms with Crippen molar-refractivity contribution in [1.82, 2.24) is 14.8 Å². The largest absolute Gasteiger partial charge is 0.324 e. The molecule has 4 nitrogen and oxygen atoms in total. The van der Waals surface area contributed by atoms with Crippen molar-refractivity contribution in [3.05, 3.63) is 11.6 Å². The van der Waals surface area contributed by atoms with Crippen LogP contribution >= 0.6 is 0 Å². The lowest BCUT2D eigenvalue weighted by Gasteiger charge is -2.08. The van der Waals surface area contributed by atoms with Gasteiger partial charge < -0.3 is 10.3 Å². The minimum atomic E-state index is 0.407. The lowest BCUT2D eigenvalue weighted by molar-refractivity contribution is 0.561. The van der Waals surface area contributed by atoms with E-state index in [-0.39, 0.29) is 0 Å². The van der Waals surface area contributed by atoms with Crippen molar-refractivity contribution in [2.45, 2.75) is 52.6 Å². The van der Waals surface area contributed by atoms with E-state index < -0.39 is 0 Å². The Labute approximate surface area is 90.9 Å². The standard InChI is InChI=1S/C11H20N4/c1-4-5-15-9(7-12)13-14-10(15)8-6-11(8,2)3/h8H,4-7,12H2,1-3H3. The van der Waals surface area contributed by atoms with E-state index in [9.17, 15) is 0 Å². The molecule has 2 N–H and O–H groups in total. The highest BCUT2D eigenvalue weighted by atomic mass is 15.3. The Morgan fingerprint density at radius 1 is 1.47 bits per heavy atom. The van der Waals surface area contributed by atoms with Gasteiger partial charge in [-0.3, -0.25) is 0 Å². The van der Waals surface area contributed by atoms with Crippen LogP contribution in [0.3, 0.4) is 0 Å². The van der Waals surface area contributed by atoms with Crippen LogP contribution in [0.2, 0.25) is 0 Å². The van der Waals surface area contributed by atoms with Gasteiger partial charge in [0.1, 0.15) is 11.6 Å². The second-order valence-electron chi connectivity index (χ2n) is 5.08. The molecule has 4 heteroatoms. The molecule has 1 aliphatic carbocycles. The van der Waals surface area contributed by atoms with Gasteiger partial charge in [-0.2, -0.15) is 0 Å². The van der Waals surface area contributed by atoms with Crippen LogP contribution in [-0.4, -0.2) is 14.8 Å². The number of hydrogen-bond donors (Lipinski definition) is 1. The van der Waals surface area contributed by atoms with Gasteiger partial charge in [-0.1, -0.05) is 20.8 Å². The average molecular weight is 208 g/mol. The molecule has 0 saturated heterocycles. The molecule has 1 aromatic rings. The van der Waals surface area contributed by atoms with Gasteiger partial charge in [-0.25, -0.2) is 0 Å². The molecule has 1 fully saturated rings. The molecule has 0 radical (unpaired) electrons. The SMILES string of the molecule is CCCn1c(CN)nnc1C1CC1(C)C. The van der Waals surface area contributed by atoms with Gasteiger partial charge >= 0.3 is 0 Å². The first-order chi connectivity index (χ1) is 7.10. The van der Waals surface area contributed by atoms with Gasteiger partial charge in [-0.15, -0.1) is 10.2 Å². The van der Waals surface area contributed by atoms with Crippen LogP contribution in [0.5, 0.6) is 0 Å². The van der Waals surface area contributed by atoms with Crippen molar-refractivity contribution >= 4 is 0 Å². The monoisotopic (exact) mass is 208 g/mol. The molecular formula is C11H20N4. The smallest absolute Gasteiger partial charge is 0.146 e. The summed E-state index contributed by atoms with van der Waals surface area (Å²) >= 11 is 0. The topological polar surface area (TPSA) is 56.7 Å². The molecule has 1 atom stereocenters. The maximum atomic E-state index is 5.66. The molecule has 1 unspecified atom stereocenters. The van der Waals surface area contributed by atoms with Crippen LogP contribution in [0.4, 0.5) is 0 Å². The summed E-state index contributed by atoms with van der Waals surface area (Å²) in [6.07, 6.45) is 2.32. The van der Waals surface area contributed by atoms with Crippen LogP contribution in [-0.2, 0) is 13.1 Å². The van der Waals surface area contributed by atoms with Gasteiger partial charge in [-0.05, 0) is 18.3 Å². The number of rotatable bonds is 4. The molecule has 0 aromatic carbocycles. The quantitative estimate of drug-likeness (QED) is 0.818. The number of nitrogens with two attached hydrogens (primary N) is 1. The lowest BCUT2D eigenvalue weighted by atomic mass is 10.1. The highest BCUT2D eigenvalue weighted by Gasteiger charge is 2.49. The minimum Gasteiger partial charge on any atom is -0.324 e. The summed E-state index contributed by atoms with van der Waals surface area (Å²) in [5.74, 6) is 2.65. The fraction of sp³-hybridized carbons (Fsp3) is 0.818. The van der Waals surface area contributed by atoms with E-state index in [0.717, 1.165) is 24.6 Å². The summed E-state index contributed by atoms with van der Waals surface area (Å²) in [6.45, 7) is 8.21. The third-order valence-corrected chi connectivity index (χ3v) is 3.31. The van der Waals surface area contributed by atoms with E-state index in [2.05, 4.69) is 35.5 Å². The molecule has 2 rings (SSSR count). The van der Waals surface area contributed by atoms with Gasteiger partial charge in [0.05, 0.1) is 6.54 Å². The van der Waals surface area contributed by atoms with E-state index in [1.165, 1.54) is 6.42 Å². The normalized spacial score (nSPS) is 23.1. The third-order valence-electron chi connectivity index (χ3n) is 3.31. The Morgan fingerprint density at radius 3 is 2.60 bits per heavy atom. The molecular weight excluding hydrogens is 188 g/mol. The Kier molecular flexibility index (Phi) is 2.54. The van der Waals surface area contributed by atoms with E-state index in [1.807, 2.05) is 0 Å². The van der Waals surface area contributed by atoms with E-state index in [1.54, 1.807) is 0 Å². The first-order valence-electron chi connectivity index (χ1n) is 5.72. The summed E-state index contributed by atoms with van der Waals surface area (Å²) in [5, 5.41) is 8.46. The second kappa shape index (κ2) is 3.59. The summed E-state index contributed by atoms with van der Waals surface area (Å²) < 4.78 is 2.21. The van der Waals surface area contributed by atoms with Crippen molar-refractivity contribution in [1.29, 1.82) is 0 Å². The zero-order valence-electron chi connectivity index (χ0n) is 9.82. The maximum absolute atomic E-state index is 5.66. The minimum absolute atomic E-state index is 0.407. The van der Waals surface area contributed by atoms with E-state index in [0.29, 0.717) is 17.9 Å². The van der Waals surface area contributed by atoms with Crippen LogP contribution in [0.15, 0.2) is 0 Å². The van der Waals surface area contributed by atoms with Crippen LogP contribution in [0.25, 0.3) is 0 Å². The van der Waals surface area contributed by atoms with Crippen LogP contribution in [0, 0.1) is 5.41 Å². The summed E-state index contributed by atoms with van der Waals surface area (Å²) in [7, 11) is 0. The van der Waals surface area contributed by atoms with Gasteiger partial charge in [0.15, 0.2) is 0 Å². The maximum Gasteiger partial charge on any atom is 0.146 e. The average Bonchev–Trinajstić information content (AvgIpc) is 2.65. The van der Waals surface area contributed by atoms with Gasteiger partial charge in [0, 0.05) is 12.5 Å². The lowest BCUT2D eigenvalue weighted by Crippen LogP contribution is -2.11. The van der Waals surface area contributed by atoms with E-state index in [4.69, 9.17) is 5.73 Å². The van der Waals surface area contributed by atoms with Gasteiger partial charge in [0.2, 0.25) is 0 Å². The Bertz CT molecular complexity index is 353. The van der Waals surface area contributed by atoms with Crippen LogP contribution < -0.4 is 5.73 Å². The van der Waals surface area contributed by atoms with Gasteiger partial charge in [0.25, 0.3) is 0 Å². The molecule has 1 heterocycles. The molecule has 0 aliphatic heterocycles. The highest BCUT2D eigenvalue weighted by Crippen LogP contribution is 2.58. The van der Waals surface area contributed by atoms with Crippen molar-refractivity contribution < 1.29 is 0 Å². The fourth-order valence-electron chi connectivity index (χ4n) is 2.13. The first-order valence-corrected chi connectivity index (χ1v) is 5.72. The summed E-state index contributed by atoms with van der Waals surface area (Å²) in [5.41, 5.74) is 6.07. The molecule has 15 heavy (non-hydrogen) atoms. The summed E-state index contributed by atoms with van der Waals surface area (Å²) in [4.78, 5) is 0. The zero-order valence-corrected chi connectivity index (χ0v) is 9.82. The molecule has 84 valence electrons. The molecule has 1 aromatic heterocycles. The molecule has 1 saturated carbocycles. The number of nitrogens with zero attached hydrogens (tertiary/aromatic N) is 3. The molecule has 0 amide bonds. The molecule has 1 aliphatic rings. The van der Waals surface area contributed by atoms with Crippen molar-refractivity contribution in [2.24, 2.45) is 11.1 Å². The van der Waals surface area contributed by atoms with E-state index >= 15 is 0 Å². The highest BCUT2D eigenvalue weighted by molar-refractivity contribution is 5.17. The Hall–Kier alpha value is -0.900. The molecule has 0 spiro atoms. The van der Waals surface area contributed by atoms with Crippen molar-refractivity contribution in [2.75, 3.05) is 0 Å². The Morgan fingerprint density at radius 2 is 2.13 bits per heavy atom. The predicted molar refractivity (Wildman–Crippen MR) is 59.3 cm³/mol. The van der Waals surface area contributed by atoms with Crippen molar-refractivity contribution in [3.8, 4) is 0 Å². The number of aromatic nitrogens is 3. The predicted octanol–water partition coefficient (Wildman–Crippen LogP) is 1.66. The fourth-order valence-corrected chi connectivity index (χ4v) is 2.13. The van der Waals surface area contributed by atoms with Crippen molar-refractivity contribution in [3.63, 3.8) is 0 Å². The third kappa shape index (κ3) is 1.78. The zero-order chi connectivity index (χ0) is 11.1. The Balaban J connectivity index is 2.27. The first kappa shape index (κ1) is 10.6. The molecule has 0 bridgehead atoms. The second-order valence-corrected chi connectivity index (χ2v) is 5.08.